The molecule has 1 aromatic carbocycles. The van der Waals surface area contributed by atoms with Crippen LogP contribution in [0.15, 0.2) is 18.2 Å². The van der Waals surface area contributed by atoms with Crippen molar-refractivity contribution >= 4 is 10.0 Å². The Labute approximate surface area is 120 Å². The second-order valence-corrected chi connectivity index (χ2v) is 6.55. The molecule has 0 aliphatic rings. The molecule has 0 radical (unpaired) electrons. The van der Waals surface area contributed by atoms with Crippen molar-refractivity contribution in [3.05, 3.63) is 23.8 Å². The molecule has 0 aliphatic carbocycles. The van der Waals surface area contributed by atoms with E-state index in [-0.39, 0.29) is 6.04 Å². The summed E-state index contributed by atoms with van der Waals surface area (Å²) in [5, 5.41) is 0. The summed E-state index contributed by atoms with van der Waals surface area (Å²) in [4.78, 5) is 1.94. The third-order valence-electron chi connectivity index (χ3n) is 2.95. The predicted molar refractivity (Wildman–Crippen MR) is 78.8 cm³/mol. The normalized spacial score (nSPS) is 13.3. The van der Waals surface area contributed by atoms with E-state index in [1.54, 1.807) is 14.2 Å². The lowest BCUT2D eigenvalue weighted by Gasteiger charge is -2.25. The van der Waals surface area contributed by atoms with E-state index in [1.807, 2.05) is 37.2 Å². The fourth-order valence-electron chi connectivity index (χ4n) is 1.89. The van der Waals surface area contributed by atoms with Gasteiger partial charge in [-0.3, -0.25) is 0 Å². The zero-order valence-corrected chi connectivity index (χ0v) is 13.3. The molecular formula is C13H22N2O4S. The highest BCUT2D eigenvalue weighted by Gasteiger charge is 2.18. The molecule has 0 aliphatic heterocycles. The van der Waals surface area contributed by atoms with Gasteiger partial charge in [0.25, 0.3) is 0 Å². The fourth-order valence-corrected chi connectivity index (χ4v) is 2.35. The summed E-state index contributed by atoms with van der Waals surface area (Å²) in [6.45, 7) is 0.293. The summed E-state index contributed by atoms with van der Waals surface area (Å²) < 4.78 is 35.5. The Hall–Kier alpha value is -1.31. The van der Waals surface area contributed by atoms with Gasteiger partial charge < -0.3 is 14.4 Å². The van der Waals surface area contributed by atoms with E-state index in [9.17, 15) is 8.42 Å². The van der Waals surface area contributed by atoms with Crippen molar-refractivity contribution in [1.29, 1.82) is 0 Å². The summed E-state index contributed by atoms with van der Waals surface area (Å²) in [5.41, 5.74) is 0.948. The van der Waals surface area contributed by atoms with Crippen molar-refractivity contribution in [2.45, 2.75) is 6.04 Å². The average molecular weight is 302 g/mol. The van der Waals surface area contributed by atoms with Crippen molar-refractivity contribution < 1.29 is 17.9 Å². The Morgan fingerprint density at radius 1 is 1.20 bits per heavy atom. The van der Waals surface area contributed by atoms with Gasteiger partial charge in [0.15, 0.2) is 11.5 Å². The number of hydrogen-bond acceptors (Lipinski definition) is 5. The zero-order valence-electron chi connectivity index (χ0n) is 12.5. The van der Waals surface area contributed by atoms with Crippen LogP contribution in [0.1, 0.15) is 11.6 Å². The summed E-state index contributed by atoms with van der Waals surface area (Å²) in [7, 11) is 3.71. The van der Waals surface area contributed by atoms with Gasteiger partial charge in [-0.1, -0.05) is 6.07 Å². The highest BCUT2D eigenvalue weighted by Crippen LogP contribution is 2.31. The molecule has 0 spiro atoms. The second kappa shape index (κ2) is 6.92. The number of likely N-dealkylation sites (N-methyl/N-ethyl adjacent to an activating group) is 1. The van der Waals surface area contributed by atoms with Gasteiger partial charge in [-0.15, -0.1) is 0 Å². The van der Waals surface area contributed by atoms with Crippen LogP contribution in [0.2, 0.25) is 0 Å². The maximum Gasteiger partial charge on any atom is 0.208 e. The number of ether oxygens (including phenoxy) is 2. The number of sulfonamides is 1. The maximum atomic E-state index is 11.2. The van der Waals surface area contributed by atoms with Crippen molar-refractivity contribution in [1.82, 2.24) is 9.62 Å². The fraction of sp³-hybridized carbons (Fsp3) is 0.538. The third kappa shape index (κ3) is 4.66. The Kier molecular flexibility index (Phi) is 5.79. The number of hydrogen-bond donors (Lipinski definition) is 1. The van der Waals surface area contributed by atoms with Gasteiger partial charge in [-0.25, -0.2) is 13.1 Å². The van der Waals surface area contributed by atoms with Crippen LogP contribution in [-0.4, -0.2) is 54.4 Å². The molecule has 1 rings (SSSR count). The van der Waals surface area contributed by atoms with Crippen LogP contribution in [0.5, 0.6) is 11.5 Å². The van der Waals surface area contributed by atoms with E-state index in [0.29, 0.717) is 18.0 Å². The molecule has 1 atom stereocenters. The summed E-state index contributed by atoms with van der Waals surface area (Å²) in [6, 6.07) is 5.47. The lowest BCUT2D eigenvalue weighted by molar-refractivity contribution is 0.297. The SMILES string of the molecule is COc1ccc([C@@H](CNS(C)(=O)=O)N(C)C)cc1OC. The minimum absolute atomic E-state index is 0.0930. The van der Waals surface area contributed by atoms with E-state index in [4.69, 9.17) is 9.47 Å². The first-order valence-corrected chi connectivity index (χ1v) is 8.00. The van der Waals surface area contributed by atoms with Gasteiger partial charge in [0, 0.05) is 12.6 Å². The lowest BCUT2D eigenvalue weighted by atomic mass is 10.1. The molecule has 1 N–H and O–H groups in total. The third-order valence-corrected chi connectivity index (χ3v) is 3.65. The molecule has 0 fully saturated rings. The molecular weight excluding hydrogens is 280 g/mol. The van der Waals surface area contributed by atoms with Crippen LogP contribution >= 0.6 is 0 Å². The number of benzene rings is 1. The number of methoxy groups -OCH3 is 2. The molecule has 0 heterocycles. The molecule has 1 aromatic rings. The molecule has 0 saturated carbocycles. The maximum absolute atomic E-state index is 11.2. The highest BCUT2D eigenvalue weighted by atomic mass is 32.2. The van der Waals surface area contributed by atoms with Crippen LogP contribution < -0.4 is 14.2 Å². The lowest BCUT2D eigenvalue weighted by Crippen LogP contribution is -2.33. The summed E-state index contributed by atoms with van der Waals surface area (Å²) in [6.07, 6.45) is 1.15. The minimum Gasteiger partial charge on any atom is -0.493 e. The average Bonchev–Trinajstić information content (AvgIpc) is 2.36. The molecule has 114 valence electrons. The molecule has 20 heavy (non-hydrogen) atoms. The number of nitrogens with one attached hydrogen (secondary N) is 1. The van der Waals surface area contributed by atoms with Gasteiger partial charge in [-0.2, -0.15) is 0 Å². The Balaban J connectivity index is 3.03. The first kappa shape index (κ1) is 16.7. The van der Waals surface area contributed by atoms with E-state index in [0.717, 1.165) is 11.8 Å². The van der Waals surface area contributed by atoms with Crippen LogP contribution in [0.25, 0.3) is 0 Å². The monoisotopic (exact) mass is 302 g/mol. The zero-order chi connectivity index (χ0) is 15.3. The molecule has 6 nitrogen and oxygen atoms in total. The van der Waals surface area contributed by atoms with E-state index >= 15 is 0 Å². The van der Waals surface area contributed by atoms with Crippen molar-refractivity contribution in [3.63, 3.8) is 0 Å². The largest absolute Gasteiger partial charge is 0.493 e. The molecule has 0 bridgehead atoms. The topological polar surface area (TPSA) is 67.9 Å². The van der Waals surface area contributed by atoms with Gasteiger partial charge in [0.05, 0.1) is 20.5 Å². The van der Waals surface area contributed by atoms with Crippen molar-refractivity contribution in [3.8, 4) is 11.5 Å². The van der Waals surface area contributed by atoms with Crippen LogP contribution in [0.4, 0.5) is 0 Å². The van der Waals surface area contributed by atoms with E-state index < -0.39 is 10.0 Å². The molecule has 0 unspecified atom stereocenters. The van der Waals surface area contributed by atoms with Gasteiger partial charge >= 0.3 is 0 Å². The summed E-state index contributed by atoms with van der Waals surface area (Å²) >= 11 is 0. The van der Waals surface area contributed by atoms with Gasteiger partial charge in [0.2, 0.25) is 10.0 Å². The van der Waals surface area contributed by atoms with Gasteiger partial charge in [-0.05, 0) is 31.8 Å². The second-order valence-electron chi connectivity index (χ2n) is 4.71. The molecule has 0 aromatic heterocycles. The number of rotatable bonds is 7. The summed E-state index contributed by atoms with van der Waals surface area (Å²) in [5.74, 6) is 1.26. The van der Waals surface area contributed by atoms with Crippen LogP contribution in [-0.2, 0) is 10.0 Å². The Bertz CT molecular complexity index is 543. The van der Waals surface area contributed by atoms with Gasteiger partial charge in [0.1, 0.15) is 0 Å². The first-order chi connectivity index (χ1) is 9.28. The first-order valence-electron chi connectivity index (χ1n) is 6.11. The minimum atomic E-state index is -3.22. The van der Waals surface area contributed by atoms with Crippen molar-refractivity contribution in [2.24, 2.45) is 0 Å². The smallest absolute Gasteiger partial charge is 0.208 e. The predicted octanol–water partition coefficient (Wildman–Crippen LogP) is 0.856. The van der Waals surface area contributed by atoms with E-state index in [1.165, 1.54) is 0 Å². The molecule has 0 saturated heterocycles. The standard InChI is InChI=1S/C13H22N2O4S/c1-15(2)11(9-14-20(5,16)17)10-6-7-12(18-3)13(8-10)19-4/h6-8,11,14H,9H2,1-5H3/t11-/m1/s1. The highest BCUT2D eigenvalue weighted by molar-refractivity contribution is 7.88. The van der Waals surface area contributed by atoms with Crippen LogP contribution in [0.3, 0.4) is 0 Å². The molecule has 7 heteroatoms. The van der Waals surface area contributed by atoms with E-state index in [2.05, 4.69) is 4.72 Å². The molecule has 0 amide bonds. The Morgan fingerprint density at radius 2 is 1.80 bits per heavy atom. The Morgan fingerprint density at radius 3 is 2.25 bits per heavy atom. The van der Waals surface area contributed by atoms with Crippen LogP contribution in [0, 0.1) is 0 Å². The quantitative estimate of drug-likeness (QED) is 0.809. The van der Waals surface area contributed by atoms with Crippen molar-refractivity contribution in [2.75, 3.05) is 41.1 Å². The number of nitrogens with zero attached hydrogens (tertiary/aromatic N) is 1.